The van der Waals surface area contributed by atoms with E-state index in [-0.39, 0.29) is 17.0 Å². The number of fused-ring (bicyclic) bond motifs is 1. The summed E-state index contributed by atoms with van der Waals surface area (Å²) in [6.07, 6.45) is 0. The van der Waals surface area contributed by atoms with Gasteiger partial charge in [0.1, 0.15) is 0 Å². The number of hydrogen-bond donors (Lipinski definition) is 0. The summed E-state index contributed by atoms with van der Waals surface area (Å²) in [5.41, 5.74) is 0.756. The highest BCUT2D eigenvalue weighted by Crippen LogP contribution is 2.20. The van der Waals surface area contributed by atoms with Gasteiger partial charge in [0.05, 0.1) is 17.0 Å². The van der Waals surface area contributed by atoms with Crippen molar-refractivity contribution in [3.8, 4) is 11.8 Å². The highest BCUT2D eigenvalue weighted by Gasteiger charge is 2.19. The van der Waals surface area contributed by atoms with Crippen molar-refractivity contribution in [1.29, 1.82) is 0 Å². The van der Waals surface area contributed by atoms with Gasteiger partial charge in [-0.1, -0.05) is 5.92 Å². The van der Waals surface area contributed by atoms with Crippen molar-refractivity contribution in [2.45, 2.75) is 18.4 Å². The van der Waals surface area contributed by atoms with Crippen LogP contribution in [0, 0.1) is 11.8 Å². The van der Waals surface area contributed by atoms with E-state index in [9.17, 15) is 13.2 Å². The summed E-state index contributed by atoms with van der Waals surface area (Å²) in [6.45, 7) is 1.89. The smallest absolute Gasteiger partial charge is 0.408 e. The Morgan fingerprint density at radius 2 is 2.05 bits per heavy atom. The van der Waals surface area contributed by atoms with Gasteiger partial charge in [-0.2, -0.15) is 0 Å². The molecule has 1 aromatic heterocycles. The molecule has 0 atom stereocenters. The monoisotopic (exact) mass is 294 g/mol. The van der Waals surface area contributed by atoms with Crippen LogP contribution in [0.3, 0.4) is 0 Å². The molecule has 0 bridgehead atoms. The van der Waals surface area contributed by atoms with Crippen molar-refractivity contribution >= 4 is 21.1 Å². The quantitative estimate of drug-likeness (QED) is 0.787. The van der Waals surface area contributed by atoms with E-state index in [0.29, 0.717) is 5.52 Å². The van der Waals surface area contributed by atoms with Crippen LogP contribution in [0.1, 0.15) is 6.92 Å². The molecule has 2 rings (SSSR count). The molecule has 0 saturated heterocycles. The van der Waals surface area contributed by atoms with Crippen LogP contribution in [0.15, 0.2) is 32.3 Å². The Bertz CT molecular complexity index is 863. The summed E-state index contributed by atoms with van der Waals surface area (Å²) in [4.78, 5) is 11.8. The molecule has 7 heteroatoms. The third-order valence-corrected chi connectivity index (χ3v) is 4.64. The number of hydrogen-bond acceptors (Lipinski definition) is 4. The van der Waals surface area contributed by atoms with Gasteiger partial charge in [0.25, 0.3) is 0 Å². The summed E-state index contributed by atoms with van der Waals surface area (Å²) >= 11 is 0. The van der Waals surface area contributed by atoms with Gasteiger partial charge in [0.15, 0.2) is 5.58 Å². The summed E-state index contributed by atoms with van der Waals surface area (Å²) in [5, 5.41) is 0. The van der Waals surface area contributed by atoms with Gasteiger partial charge in [-0.3, -0.25) is 4.57 Å². The molecule has 0 aliphatic heterocycles. The first-order valence-corrected chi connectivity index (χ1v) is 7.27. The zero-order valence-corrected chi connectivity index (χ0v) is 12.2. The van der Waals surface area contributed by atoms with Gasteiger partial charge in [0, 0.05) is 20.2 Å². The number of aromatic nitrogens is 1. The second-order valence-corrected chi connectivity index (χ2v) is 6.45. The molecule has 20 heavy (non-hydrogen) atoms. The average Bonchev–Trinajstić information content (AvgIpc) is 2.70. The maximum absolute atomic E-state index is 12.0. The Balaban J connectivity index is 2.63. The van der Waals surface area contributed by atoms with E-state index in [0.717, 1.165) is 4.31 Å². The van der Waals surface area contributed by atoms with Crippen molar-refractivity contribution in [3.05, 3.63) is 28.7 Å². The predicted molar refractivity (Wildman–Crippen MR) is 74.8 cm³/mol. The molecule has 6 nitrogen and oxygen atoms in total. The third-order valence-electron chi connectivity index (χ3n) is 2.83. The normalized spacial score (nSPS) is 11.6. The molecule has 0 N–H and O–H groups in total. The molecular formula is C13H14N2O4S. The van der Waals surface area contributed by atoms with Crippen molar-refractivity contribution in [1.82, 2.24) is 8.87 Å². The van der Waals surface area contributed by atoms with Crippen LogP contribution >= 0.6 is 0 Å². The van der Waals surface area contributed by atoms with Crippen molar-refractivity contribution in [2.24, 2.45) is 0 Å². The molecule has 0 saturated carbocycles. The molecule has 0 spiro atoms. The molecule has 0 fully saturated rings. The van der Waals surface area contributed by atoms with Crippen molar-refractivity contribution in [3.63, 3.8) is 0 Å². The van der Waals surface area contributed by atoms with E-state index in [1.165, 1.54) is 30.8 Å². The highest BCUT2D eigenvalue weighted by atomic mass is 32.2. The lowest BCUT2D eigenvalue weighted by atomic mass is 10.3. The van der Waals surface area contributed by atoms with Crippen LogP contribution in [0.5, 0.6) is 0 Å². The molecular weight excluding hydrogens is 280 g/mol. The van der Waals surface area contributed by atoms with Crippen LogP contribution < -0.4 is 5.76 Å². The summed E-state index contributed by atoms with van der Waals surface area (Å²) < 4.78 is 31.6. The van der Waals surface area contributed by atoms with E-state index >= 15 is 0 Å². The molecule has 0 aliphatic carbocycles. The molecule has 0 radical (unpaired) electrons. The maximum atomic E-state index is 12.0. The minimum Gasteiger partial charge on any atom is -0.408 e. The predicted octanol–water partition coefficient (Wildman–Crippen LogP) is 0.868. The number of oxazole rings is 1. The second-order valence-electron chi connectivity index (χ2n) is 4.30. The minimum atomic E-state index is -3.55. The number of rotatable bonds is 3. The number of benzene rings is 1. The average molecular weight is 294 g/mol. The fourth-order valence-corrected chi connectivity index (χ4v) is 2.64. The highest BCUT2D eigenvalue weighted by molar-refractivity contribution is 7.89. The Morgan fingerprint density at radius 3 is 2.65 bits per heavy atom. The van der Waals surface area contributed by atoms with Gasteiger partial charge >= 0.3 is 5.76 Å². The van der Waals surface area contributed by atoms with Gasteiger partial charge < -0.3 is 4.42 Å². The summed E-state index contributed by atoms with van der Waals surface area (Å²) in [7, 11) is -0.670. The van der Waals surface area contributed by atoms with Crippen molar-refractivity contribution in [2.75, 3.05) is 14.1 Å². The minimum absolute atomic E-state index is 0.0810. The molecule has 1 aromatic carbocycles. The Morgan fingerprint density at radius 1 is 1.35 bits per heavy atom. The van der Waals surface area contributed by atoms with Gasteiger partial charge in [-0.05, 0) is 19.1 Å². The third kappa shape index (κ3) is 2.35. The molecule has 0 unspecified atom stereocenters. The van der Waals surface area contributed by atoms with E-state index in [2.05, 4.69) is 11.8 Å². The summed E-state index contributed by atoms with van der Waals surface area (Å²) in [6, 6.07) is 4.35. The molecule has 0 aliphatic rings. The van der Waals surface area contributed by atoms with Gasteiger partial charge in [-0.15, -0.1) is 5.92 Å². The lowest BCUT2D eigenvalue weighted by molar-refractivity contribution is 0.515. The van der Waals surface area contributed by atoms with Crippen LogP contribution in [0.4, 0.5) is 0 Å². The Labute approximate surface area is 116 Å². The zero-order valence-electron chi connectivity index (χ0n) is 11.4. The van der Waals surface area contributed by atoms with Gasteiger partial charge in [-0.25, -0.2) is 17.5 Å². The number of sulfonamides is 1. The van der Waals surface area contributed by atoms with E-state index < -0.39 is 15.8 Å². The van der Waals surface area contributed by atoms with Crippen LogP contribution in [0.25, 0.3) is 11.1 Å². The number of nitrogens with zero attached hydrogens (tertiary/aromatic N) is 2. The lowest BCUT2D eigenvalue weighted by Crippen LogP contribution is -2.22. The maximum Gasteiger partial charge on any atom is 0.420 e. The summed E-state index contributed by atoms with van der Waals surface area (Å²) in [5.74, 6) is 4.91. The zero-order chi connectivity index (χ0) is 14.9. The lowest BCUT2D eigenvalue weighted by Gasteiger charge is -2.10. The molecule has 106 valence electrons. The van der Waals surface area contributed by atoms with E-state index in [1.54, 1.807) is 13.0 Å². The van der Waals surface area contributed by atoms with Crippen LogP contribution in [-0.2, 0) is 16.6 Å². The standard InChI is InChI=1S/C13H14N2O4S/c1-4-5-8-15-11-7-6-10(20(17,18)14(2)3)9-12(11)19-13(15)16/h6-7,9H,8H2,1-3H3. The van der Waals surface area contributed by atoms with Gasteiger partial charge in [0.2, 0.25) is 10.0 Å². The largest absolute Gasteiger partial charge is 0.420 e. The fourth-order valence-electron chi connectivity index (χ4n) is 1.73. The van der Waals surface area contributed by atoms with E-state index in [4.69, 9.17) is 4.42 Å². The fraction of sp³-hybridized carbons (Fsp3) is 0.308. The van der Waals surface area contributed by atoms with Crippen LogP contribution in [0.2, 0.25) is 0 Å². The first kappa shape index (κ1) is 14.4. The van der Waals surface area contributed by atoms with E-state index in [1.807, 2.05) is 0 Å². The topological polar surface area (TPSA) is 72.5 Å². The Kier molecular flexibility index (Phi) is 3.70. The Hall–Kier alpha value is -2.04. The first-order valence-electron chi connectivity index (χ1n) is 5.83. The van der Waals surface area contributed by atoms with Crippen molar-refractivity contribution < 1.29 is 12.8 Å². The second kappa shape index (κ2) is 5.15. The van der Waals surface area contributed by atoms with Crippen LogP contribution in [-0.4, -0.2) is 31.4 Å². The molecule has 2 aromatic rings. The SMILES string of the molecule is CC#CCn1c(=O)oc2cc(S(=O)(=O)N(C)C)ccc21. The first-order chi connectivity index (χ1) is 9.37. The molecule has 1 heterocycles. The molecule has 0 amide bonds.